The van der Waals surface area contributed by atoms with E-state index in [4.69, 9.17) is 14.2 Å². The van der Waals surface area contributed by atoms with Crippen LogP contribution in [0.2, 0.25) is 0 Å². The lowest BCUT2D eigenvalue weighted by Crippen LogP contribution is -2.26. The van der Waals surface area contributed by atoms with E-state index in [0.717, 1.165) is 16.0 Å². The molecule has 0 bridgehead atoms. The maximum Gasteiger partial charge on any atom is 0.340 e. The number of nitrogens with one attached hydrogen (secondary N) is 1. The lowest BCUT2D eigenvalue weighted by Gasteiger charge is -2.16. The van der Waals surface area contributed by atoms with Crippen molar-refractivity contribution in [2.24, 2.45) is 0 Å². The topological polar surface area (TPSA) is 73.9 Å². The number of amides is 1. The maximum atomic E-state index is 12.8. The summed E-state index contributed by atoms with van der Waals surface area (Å²) in [5.41, 5.74) is 2.86. The molecule has 1 heterocycles. The lowest BCUT2D eigenvalue weighted by atomic mass is 10.1. The molecule has 1 aliphatic heterocycles. The van der Waals surface area contributed by atoms with E-state index in [1.54, 1.807) is 6.07 Å². The smallest absolute Gasteiger partial charge is 0.340 e. The van der Waals surface area contributed by atoms with Gasteiger partial charge in [-0.25, -0.2) is 4.79 Å². The van der Waals surface area contributed by atoms with Crippen LogP contribution in [0.3, 0.4) is 0 Å². The summed E-state index contributed by atoms with van der Waals surface area (Å²) in [4.78, 5) is 26.1. The molecule has 0 saturated heterocycles. The summed E-state index contributed by atoms with van der Waals surface area (Å²) >= 11 is 1.53. The van der Waals surface area contributed by atoms with Crippen LogP contribution < -0.4 is 14.8 Å². The largest absolute Gasteiger partial charge is 0.493 e. The number of ether oxygens (including phenoxy) is 3. The van der Waals surface area contributed by atoms with Gasteiger partial charge in [0.15, 0.2) is 11.5 Å². The Bertz CT molecular complexity index is 896. The zero-order chi connectivity index (χ0) is 19.6. The van der Waals surface area contributed by atoms with Gasteiger partial charge in [0, 0.05) is 17.0 Å². The molecule has 0 aliphatic carbocycles. The molecule has 0 saturated carbocycles. The van der Waals surface area contributed by atoms with E-state index in [0.29, 0.717) is 23.6 Å². The number of thioether (sulfide) groups is 1. The van der Waals surface area contributed by atoms with E-state index >= 15 is 0 Å². The average Bonchev–Trinajstić information content (AvgIpc) is 3.10. The maximum absolute atomic E-state index is 12.8. The monoisotopic (exact) mass is 387 g/mol. The van der Waals surface area contributed by atoms with E-state index < -0.39 is 5.97 Å². The second-order valence-electron chi connectivity index (χ2n) is 6.16. The van der Waals surface area contributed by atoms with Gasteiger partial charge in [0.2, 0.25) is 5.91 Å². The summed E-state index contributed by atoms with van der Waals surface area (Å²) in [5.74, 6) is 0.0583. The number of carbonyl (C=O) groups is 2. The first-order valence-corrected chi connectivity index (χ1v) is 9.26. The molecule has 1 N–H and O–H groups in total. The summed E-state index contributed by atoms with van der Waals surface area (Å²) in [5, 5.41) is 2.58. The Kier molecular flexibility index (Phi) is 5.60. The SMILES string of the molecule is COC(=O)c1cc(OC)c(OC)cc1NC(=O)[C@@H]1Cc2ccc(C)cc2S1. The first-order valence-electron chi connectivity index (χ1n) is 8.38. The average molecular weight is 387 g/mol. The third kappa shape index (κ3) is 3.88. The third-order valence-corrected chi connectivity index (χ3v) is 5.68. The van der Waals surface area contributed by atoms with Crippen LogP contribution in [-0.2, 0) is 16.0 Å². The zero-order valence-corrected chi connectivity index (χ0v) is 16.4. The lowest BCUT2D eigenvalue weighted by molar-refractivity contribution is -0.115. The molecule has 2 aromatic carbocycles. The van der Waals surface area contributed by atoms with Gasteiger partial charge in [-0.2, -0.15) is 0 Å². The molecule has 0 unspecified atom stereocenters. The summed E-state index contributed by atoms with van der Waals surface area (Å²) in [6.45, 7) is 2.03. The number of anilines is 1. The van der Waals surface area contributed by atoms with Crippen LogP contribution in [0.4, 0.5) is 5.69 Å². The molecule has 0 aromatic heterocycles. The summed E-state index contributed by atoms with van der Waals surface area (Å²) in [7, 11) is 4.26. The van der Waals surface area contributed by atoms with Gasteiger partial charge in [0.1, 0.15) is 0 Å². The molecular weight excluding hydrogens is 366 g/mol. The highest BCUT2D eigenvalue weighted by Crippen LogP contribution is 2.39. The van der Waals surface area contributed by atoms with E-state index in [-0.39, 0.29) is 16.7 Å². The number of rotatable bonds is 5. The molecule has 6 nitrogen and oxygen atoms in total. The van der Waals surface area contributed by atoms with Crippen LogP contribution >= 0.6 is 11.8 Å². The predicted molar refractivity (Wildman–Crippen MR) is 104 cm³/mol. The van der Waals surface area contributed by atoms with Gasteiger partial charge < -0.3 is 19.5 Å². The van der Waals surface area contributed by atoms with E-state index in [1.807, 2.05) is 13.0 Å². The Morgan fingerprint density at radius 2 is 1.78 bits per heavy atom. The summed E-state index contributed by atoms with van der Waals surface area (Å²) in [6.07, 6.45) is 0.646. The van der Waals surface area contributed by atoms with Crippen molar-refractivity contribution < 1.29 is 23.8 Å². The Labute approximate surface area is 162 Å². The predicted octanol–water partition coefficient (Wildman–Crippen LogP) is 3.45. The highest BCUT2D eigenvalue weighted by molar-refractivity contribution is 8.01. The highest BCUT2D eigenvalue weighted by atomic mass is 32.2. The fourth-order valence-corrected chi connectivity index (χ4v) is 4.25. The van der Waals surface area contributed by atoms with Gasteiger partial charge in [-0.05, 0) is 25.0 Å². The van der Waals surface area contributed by atoms with Crippen molar-refractivity contribution in [3.63, 3.8) is 0 Å². The van der Waals surface area contributed by atoms with E-state index in [9.17, 15) is 9.59 Å². The molecule has 7 heteroatoms. The fourth-order valence-electron chi connectivity index (χ4n) is 2.96. The normalized spacial score (nSPS) is 15.0. The number of benzene rings is 2. The number of fused-ring (bicyclic) bond motifs is 1. The Morgan fingerprint density at radius 3 is 2.44 bits per heavy atom. The van der Waals surface area contributed by atoms with Crippen LogP contribution in [0.5, 0.6) is 11.5 Å². The third-order valence-electron chi connectivity index (χ3n) is 4.38. The molecule has 1 aliphatic rings. The molecule has 0 spiro atoms. The van der Waals surface area contributed by atoms with Crippen molar-refractivity contribution in [2.75, 3.05) is 26.6 Å². The van der Waals surface area contributed by atoms with Crippen LogP contribution in [0.1, 0.15) is 21.5 Å². The Balaban J connectivity index is 1.86. The minimum absolute atomic E-state index is 0.175. The van der Waals surface area contributed by atoms with Crippen molar-refractivity contribution >= 4 is 29.3 Å². The van der Waals surface area contributed by atoms with E-state index in [2.05, 4.69) is 17.4 Å². The quantitative estimate of drug-likeness (QED) is 0.792. The van der Waals surface area contributed by atoms with Gasteiger partial charge in [-0.1, -0.05) is 17.7 Å². The molecule has 2 aromatic rings. The fraction of sp³-hybridized carbons (Fsp3) is 0.300. The van der Waals surface area contributed by atoms with Crippen LogP contribution in [0.15, 0.2) is 35.2 Å². The molecular formula is C20H21NO5S. The van der Waals surface area contributed by atoms with Gasteiger partial charge >= 0.3 is 5.97 Å². The first-order chi connectivity index (χ1) is 13.0. The second kappa shape index (κ2) is 7.92. The molecule has 3 rings (SSSR count). The zero-order valence-electron chi connectivity index (χ0n) is 15.6. The molecule has 27 heavy (non-hydrogen) atoms. The Hall–Kier alpha value is -2.67. The van der Waals surface area contributed by atoms with Crippen molar-refractivity contribution in [3.8, 4) is 11.5 Å². The van der Waals surface area contributed by atoms with Crippen molar-refractivity contribution in [2.45, 2.75) is 23.5 Å². The van der Waals surface area contributed by atoms with Crippen molar-refractivity contribution in [1.29, 1.82) is 0 Å². The van der Waals surface area contributed by atoms with Gasteiger partial charge in [-0.15, -0.1) is 11.8 Å². The van der Waals surface area contributed by atoms with Crippen molar-refractivity contribution in [3.05, 3.63) is 47.0 Å². The number of methoxy groups -OCH3 is 3. The molecule has 1 amide bonds. The number of aryl methyl sites for hydroxylation is 1. The number of carbonyl (C=O) groups excluding carboxylic acids is 2. The van der Waals surface area contributed by atoms with Gasteiger partial charge in [-0.3, -0.25) is 4.79 Å². The Morgan fingerprint density at radius 1 is 1.07 bits per heavy atom. The number of esters is 1. The minimum Gasteiger partial charge on any atom is -0.493 e. The second-order valence-corrected chi connectivity index (χ2v) is 7.40. The van der Waals surface area contributed by atoms with Crippen LogP contribution in [0, 0.1) is 6.92 Å². The standard InChI is InChI=1S/C20H21NO5S/c1-11-5-6-12-8-18(27-17(12)7-11)19(22)21-14-10-16(25-3)15(24-2)9-13(14)20(23)26-4/h5-7,9-10,18H,8H2,1-4H3,(H,21,22)/t18-/m0/s1. The molecule has 1 atom stereocenters. The summed E-state index contributed by atoms with van der Waals surface area (Å²) in [6, 6.07) is 9.26. The first kappa shape index (κ1) is 19.1. The van der Waals surface area contributed by atoms with Gasteiger partial charge in [0.25, 0.3) is 0 Å². The number of hydrogen-bond donors (Lipinski definition) is 1. The molecule has 0 fully saturated rings. The molecule has 142 valence electrons. The van der Waals surface area contributed by atoms with Crippen LogP contribution in [0.25, 0.3) is 0 Å². The highest BCUT2D eigenvalue weighted by Gasteiger charge is 2.29. The van der Waals surface area contributed by atoms with Crippen LogP contribution in [-0.4, -0.2) is 38.5 Å². The number of hydrogen-bond acceptors (Lipinski definition) is 6. The molecule has 0 radical (unpaired) electrons. The van der Waals surface area contributed by atoms with E-state index in [1.165, 1.54) is 39.2 Å². The van der Waals surface area contributed by atoms with Crippen molar-refractivity contribution in [1.82, 2.24) is 0 Å². The summed E-state index contributed by atoms with van der Waals surface area (Å²) < 4.78 is 15.3. The minimum atomic E-state index is -0.566. The van der Waals surface area contributed by atoms with Gasteiger partial charge in [0.05, 0.1) is 37.8 Å².